The highest BCUT2D eigenvalue weighted by molar-refractivity contribution is 5.06. The lowest BCUT2D eigenvalue weighted by molar-refractivity contribution is -0.318. The Morgan fingerprint density at radius 1 is 0.778 bits per heavy atom. The average Bonchev–Trinajstić information content (AvgIpc) is 2.99. The van der Waals surface area contributed by atoms with Crippen molar-refractivity contribution in [3.8, 4) is 0 Å². The van der Waals surface area contributed by atoms with Gasteiger partial charge in [0.2, 0.25) is 0 Å². The van der Waals surface area contributed by atoms with Gasteiger partial charge in [-0.25, -0.2) is 0 Å². The third kappa shape index (κ3) is 3.00. The maximum atomic E-state index is 10.6. The van der Waals surface area contributed by atoms with Crippen molar-refractivity contribution in [2.75, 3.05) is 26.4 Å². The van der Waals surface area contributed by atoms with Crippen LogP contribution in [0.4, 0.5) is 0 Å². The molecular formula is C22H36O5. The van der Waals surface area contributed by atoms with Crippen LogP contribution in [-0.2, 0) is 18.9 Å². The summed E-state index contributed by atoms with van der Waals surface area (Å²) in [6, 6.07) is 0. The van der Waals surface area contributed by atoms with Gasteiger partial charge in [0.1, 0.15) is 6.10 Å². The highest BCUT2D eigenvalue weighted by atomic mass is 16.7. The molecule has 0 aromatic rings. The molecule has 3 saturated carbocycles. The second kappa shape index (κ2) is 6.94. The summed E-state index contributed by atoms with van der Waals surface area (Å²) in [5.74, 6) is 1.95. The molecule has 3 aliphatic carbocycles. The average molecular weight is 381 g/mol. The largest absolute Gasteiger partial charge is 0.393 e. The zero-order valence-electron chi connectivity index (χ0n) is 16.9. The van der Waals surface area contributed by atoms with Crippen molar-refractivity contribution in [3.05, 3.63) is 0 Å². The van der Waals surface area contributed by atoms with Crippen LogP contribution in [0.5, 0.6) is 0 Å². The molecule has 0 aromatic heterocycles. The molecule has 5 fully saturated rings. The molecule has 9 atom stereocenters. The Balaban J connectivity index is 1.41. The summed E-state index contributed by atoms with van der Waals surface area (Å²) in [5, 5.41) is 10.6. The lowest BCUT2D eigenvalue weighted by atomic mass is 9.53. The number of aliphatic hydroxyl groups excluding tert-OH is 1. The maximum absolute atomic E-state index is 10.6. The van der Waals surface area contributed by atoms with E-state index in [9.17, 15) is 5.11 Å². The smallest absolute Gasteiger partial charge is 0.191 e. The number of rotatable bonds is 0. The standard InChI is InChI=1S/C22H36O5/c1-21-8-7-14-15(17(21)4-6-19(21)23)3-5-18-16(14)13-20-22(2,26-11-9-24-18)27-12-10-25-20/h14-20,23H,3-13H2,1-2H3/t14-,15+,16+,17-,18?,19-,20?,21-,22?/m0/s1. The van der Waals surface area contributed by atoms with Crippen LogP contribution in [0.3, 0.4) is 0 Å². The van der Waals surface area contributed by atoms with E-state index in [2.05, 4.69) is 6.92 Å². The summed E-state index contributed by atoms with van der Waals surface area (Å²) in [4.78, 5) is 0. The van der Waals surface area contributed by atoms with Crippen molar-refractivity contribution >= 4 is 0 Å². The first kappa shape index (κ1) is 18.8. The Bertz CT molecular complexity index is 555. The molecule has 5 nitrogen and oxygen atoms in total. The van der Waals surface area contributed by atoms with E-state index < -0.39 is 5.79 Å². The van der Waals surface area contributed by atoms with Crippen LogP contribution in [-0.4, -0.2) is 55.6 Å². The van der Waals surface area contributed by atoms with E-state index >= 15 is 0 Å². The SMILES string of the molecule is CC12OCCOC3CC[C@@H]4[C@H](CC[C@]5(C)[C@@H](O)CC[C@@H]45)[C@H]3CC1OCCO2. The van der Waals surface area contributed by atoms with Gasteiger partial charge in [-0.15, -0.1) is 0 Å². The minimum atomic E-state index is -0.643. The molecule has 0 amide bonds. The highest BCUT2D eigenvalue weighted by Gasteiger charge is 2.57. The molecule has 0 aromatic carbocycles. The van der Waals surface area contributed by atoms with Crippen molar-refractivity contribution in [3.63, 3.8) is 0 Å². The zero-order chi connectivity index (χ0) is 18.6. The van der Waals surface area contributed by atoms with Gasteiger partial charge >= 0.3 is 0 Å². The molecule has 1 N–H and O–H groups in total. The minimum Gasteiger partial charge on any atom is -0.393 e. The topological polar surface area (TPSA) is 57.2 Å². The molecule has 5 heteroatoms. The quantitative estimate of drug-likeness (QED) is 0.700. The van der Waals surface area contributed by atoms with E-state index in [-0.39, 0.29) is 17.6 Å². The molecule has 0 radical (unpaired) electrons. The van der Waals surface area contributed by atoms with Crippen molar-refractivity contribution in [1.29, 1.82) is 0 Å². The second-order valence-electron chi connectivity index (χ2n) is 10.0. The number of hydrogen-bond donors (Lipinski definition) is 1. The highest BCUT2D eigenvalue weighted by Crippen LogP contribution is 2.61. The Labute approximate surface area is 163 Å². The predicted octanol–water partition coefficient (Wildman–Crippen LogP) is 3.14. The predicted molar refractivity (Wildman–Crippen MR) is 100 cm³/mol. The van der Waals surface area contributed by atoms with Gasteiger partial charge in [-0.2, -0.15) is 0 Å². The van der Waals surface area contributed by atoms with E-state index in [1.54, 1.807) is 0 Å². The fourth-order valence-electron chi connectivity index (χ4n) is 7.40. The van der Waals surface area contributed by atoms with Crippen LogP contribution < -0.4 is 0 Å². The lowest BCUT2D eigenvalue weighted by Gasteiger charge is -2.54. The van der Waals surface area contributed by atoms with Crippen LogP contribution in [0.15, 0.2) is 0 Å². The number of fused-ring (bicyclic) bond motifs is 6. The van der Waals surface area contributed by atoms with Gasteiger partial charge < -0.3 is 24.1 Å². The third-order valence-corrected chi connectivity index (χ3v) is 8.92. The minimum absolute atomic E-state index is 0.0123. The molecule has 0 bridgehead atoms. The van der Waals surface area contributed by atoms with Crippen molar-refractivity contribution in [2.45, 2.75) is 82.9 Å². The van der Waals surface area contributed by atoms with E-state index in [1.165, 1.54) is 19.3 Å². The van der Waals surface area contributed by atoms with Crippen LogP contribution in [0.2, 0.25) is 0 Å². The van der Waals surface area contributed by atoms with Gasteiger partial charge in [-0.1, -0.05) is 6.92 Å². The molecular weight excluding hydrogens is 344 g/mol. The number of aliphatic hydroxyl groups is 1. The molecule has 27 heavy (non-hydrogen) atoms. The van der Waals surface area contributed by atoms with Crippen molar-refractivity contribution < 1.29 is 24.1 Å². The first-order chi connectivity index (χ1) is 13.0. The van der Waals surface area contributed by atoms with Crippen LogP contribution in [0, 0.1) is 29.1 Å². The van der Waals surface area contributed by atoms with Crippen molar-refractivity contribution in [1.82, 2.24) is 0 Å². The normalized spacial score (nSPS) is 55.9. The molecule has 2 aliphatic heterocycles. The number of ether oxygens (including phenoxy) is 4. The fourth-order valence-corrected chi connectivity index (χ4v) is 7.40. The fraction of sp³-hybridized carbons (Fsp3) is 1.00. The Morgan fingerprint density at radius 2 is 1.56 bits per heavy atom. The Hall–Kier alpha value is -0.200. The first-order valence-corrected chi connectivity index (χ1v) is 11.2. The van der Waals surface area contributed by atoms with E-state index in [0.717, 1.165) is 31.6 Å². The Kier molecular flexibility index (Phi) is 4.84. The zero-order valence-corrected chi connectivity index (χ0v) is 16.9. The second-order valence-corrected chi connectivity index (χ2v) is 10.0. The summed E-state index contributed by atoms with van der Waals surface area (Å²) in [5.41, 5.74) is 0.134. The van der Waals surface area contributed by atoms with E-state index in [1.807, 2.05) is 6.92 Å². The molecule has 3 unspecified atom stereocenters. The maximum Gasteiger partial charge on any atom is 0.191 e. The molecule has 154 valence electrons. The van der Waals surface area contributed by atoms with E-state index in [0.29, 0.717) is 50.3 Å². The summed E-state index contributed by atoms with van der Waals surface area (Å²) in [6.07, 6.45) is 8.10. The molecule has 5 aliphatic rings. The molecule has 2 saturated heterocycles. The lowest BCUT2D eigenvalue weighted by Crippen LogP contribution is -2.54. The van der Waals surface area contributed by atoms with E-state index in [4.69, 9.17) is 18.9 Å². The van der Waals surface area contributed by atoms with Crippen LogP contribution in [0.1, 0.15) is 58.8 Å². The van der Waals surface area contributed by atoms with Gasteiger partial charge in [-0.05, 0) is 81.0 Å². The van der Waals surface area contributed by atoms with Gasteiger partial charge in [0.25, 0.3) is 0 Å². The van der Waals surface area contributed by atoms with Crippen LogP contribution >= 0.6 is 0 Å². The van der Waals surface area contributed by atoms with Gasteiger partial charge in [0.05, 0.1) is 38.6 Å². The summed E-state index contributed by atoms with van der Waals surface area (Å²) in [6.45, 7) is 6.86. The summed E-state index contributed by atoms with van der Waals surface area (Å²) < 4.78 is 24.7. The Morgan fingerprint density at radius 3 is 2.37 bits per heavy atom. The first-order valence-electron chi connectivity index (χ1n) is 11.2. The molecule has 5 rings (SSSR count). The third-order valence-electron chi connectivity index (χ3n) is 8.92. The number of hydrogen-bond acceptors (Lipinski definition) is 5. The van der Waals surface area contributed by atoms with Gasteiger partial charge in [0, 0.05) is 0 Å². The van der Waals surface area contributed by atoms with Gasteiger partial charge in [0.15, 0.2) is 5.79 Å². The van der Waals surface area contributed by atoms with Crippen molar-refractivity contribution in [2.24, 2.45) is 29.1 Å². The monoisotopic (exact) mass is 380 g/mol. The summed E-state index contributed by atoms with van der Waals surface area (Å²) >= 11 is 0. The molecule has 0 spiro atoms. The molecule has 2 heterocycles. The summed E-state index contributed by atoms with van der Waals surface area (Å²) in [7, 11) is 0. The van der Waals surface area contributed by atoms with Gasteiger partial charge in [-0.3, -0.25) is 0 Å². The van der Waals surface area contributed by atoms with Crippen LogP contribution in [0.25, 0.3) is 0 Å².